The Balaban J connectivity index is 1.50. The predicted molar refractivity (Wildman–Crippen MR) is 74.6 cm³/mol. The molecule has 5 rings (SSSR count). The van der Waals surface area contributed by atoms with Crippen LogP contribution in [0.4, 0.5) is 0 Å². The summed E-state index contributed by atoms with van der Waals surface area (Å²) in [7, 11) is 0. The van der Waals surface area contributed by atoms with Crippen LogP contribution in [0.5, 0.6) is 0 Å². The largest absolute Gasteiger partial charge is 0.392 e. The highest BCUT2D eigenvalue weighted by atomic mass is 32.1. The van der Waals surface area contributed by atoms with E-state index in [0.717, 1.165) is 30.1 Å². The Kier molecular flexibility index (Phi) is 2.77. The average Bonchev–Trinajstić information content (AvgIpc) is 2.80. The molecule has 2 heteroatoms. The first-order valence-corrected chi connectivity index (χ1v) is 8.43. The van der Waals surface area contributed by atoms with Gasteiger partial charge in [-0.15, -0.1) is 0 Å². The normalized spacial score (nSPS) is 43.3. The number of hydrogen-bond acceptors (Lipinski definition) is 2. The Bertz CT molecular complexity index is 383. The van der Waals surface area contributed by atoms with E-state index in [4.69, 9.17) is 0 Å². The van der Waals surface area contributed by atoms with Crippen molar-refractivity contribution < 1.29 is 5.11 Å². The molecule has 18 heavy (non-hydrogen) atoms. The van der Waals surface area contributed by atoms with Crippen LogP contribution in [0.2, 0.25) is 0 Å². The minimum atomic E-state index is -0.0883. The van der Waals surface area contributed by atoms with E-state index in [2.05, 4.69) is 16.8 Å². The van der Waals surface area contributed by atoms with Gasteiger partial charge in [-0.3, -0.25) is 0 Å². The second-order valence-electron chi connectivity index (χ2n) is 6.91. The maximum absolute atomic E-state index is 10.7. The molecule has 98 valence electrons. The fourth-order valence-electron chi connectivity index (χ4n) is 5.38. The molecule has 0 radical (unpaired) electrons. The van der Waals surface area contributed by atoms with Crippen molar-refractivity contribution in [3.63, 3.8) is 0 Å². The van der Waals surface area contributed by atoms with Gasteiger partial charge in [-0.2, -0.15) is 11.3 Å². The molecule has 4 bridgehead atoms. The van der Waals surface area contributed by atoms with Gasteiger partial charge in [0.1, 0.15) is 0 Å². The molecule has 4 aliphatic carbocycles. The summed E-state index contributed by atoms with van der Waals surface area (Å²) < 4.78 is 0. The molecule has 1 nitrogen and oxygen atoms in total. The third kappa shape index (κ3) is 1.85. The summed E-state index contributed by atoms with van der Waals surface area (Å²) in [6.07, 6.45) is 7.96. The lowest BCUT2D eigenvalue weighted by molar-refractivity contribution is -0.0887. The number of rotatable bonds is 3. The molecule has 0 amide bonds. The van der Waals surface area contributed by atoms with Crippen molar-refractivity contribution >= 4 is 11.3 Å². The van der Waals surface area contributed by atoms with Crippen LogP contribution in [-0.2, 0) is 6.42 Å². The van der Waals surface area contributed by atoms with Gasteiger partial charge in [-0.05, 0) is 90.5 Å². The number of thiophene rings is 1. The van der Waals surface area contributed by atoms with Crippen LogP contribution in [0.15, 0.2) is 16.8 Å². The molecule has 4 aliphatic rings. The zero-order valence-electron chi connectivity index (χ0n) is 10.8. The van der Waals surface area contributed by atoms with Crippen molar-refractivity contribution in [2.45, 2.75) is 44.6 Å². The second-order valence-corrected chi connectivity index (χ2v) is 7.69. The molecule has 4 saturated carbocycles. The van der Waals surface area contributed by atoms with E-state index in [-0.39, 0.29) is 6.10 Å². The Hall–Kier alpha value is -0.340. The number of aliphatic hydroxyl groups is 1. The van der Waals surface area contributed by atoms with Crippen LogP contribution in [0.1, 0.15) is 37.7 Å². The molecule has 1 atom stereocenters. The monoisotopic (exact) mass is 262 g/mol. The van der Waals surface area contributed by atoms with Crippen LogP contribution in [0.3, 0.4) is 0 Å². The van der Waals surface area contributed by atoms with E-state index in [9.17, 15) is 5.11 Å². The van der Waals surface area contributed by atoms with Gasteiger partial charge >= 0.3 is 0 Å². The van der Waals surface area contributed by atoms with Gasteiger partial charge in [0.05, 0.1) is 6.10 Å². The molecule has 0 aromatic carbocycles. The molecule has 1 aromatic heterocycles. The van der Waals surface area contributed by atoms with Crippen LogP contribution < -0.4 is 0 Å². The smallest absolute Gasteiger partial charge is 0.0614 e. The highest BCUT2D eigenvalue weighted by molar-refractivity contribution is 7.07. The van der Waals surface area contributed by atoms with Gasteiger partial charge in [0.25, 0.3) is 0 Å². The van der Waals surface area contributed by atoms with E-state index in [1.807, 2.05) is 0 Å². The zero-order valence-corrected chi connectivity index (χ0v) is 11.6. The molecule has 4 fully saturated rings. The molecular weight excluding hydrogens is 240 g/mol. The summed E-state index contributed by atoms with van der Waals surface area (Å²) in [4.78, 5) is 0. The molecular formula is C16H22OS. The first kappa shape index (κ1) is 11.5. The minimum absolute atomic E-state index is 0.0883. The first-order chi connectivity index (χ1) is 8.79. The molecule has 1 aromatic rings. The van der Waals surface area contributed by atoms with E-state index in [1.54, 1.807) is 11.3 Å². The van der Waals surface area contributed by atoms with Gasteiger partial charge in [-0.1, -0.05) is 0 Å². The third-order valence-electron chi connectivity index (χ3n) is 5.77. The Labute approximate surface area is 113 Å². The fourth-order valence-corrected chi connectivity index (χ4v) is 6.06. The fraction of sp³-hybridized carbons (Fsp3) is 0.750. The third-order valence-corrected chi connectivity index (χ3v) is 6.50. The van der Waals surface area contributed by atoms with E-state index in [0.29, 0.717) is 5.92 Å². The van der Waals surface area contributed by atoms with Crippen molar-refractivity contribution in [1.82, 2.24) is 0 Å². The van der Waals surface area contributed by atoms with Crippen LogP contribution in [0, 0.1) is 29.6 Å². The molecule has 1 heterocycles. The molecule has 0 aliphatic heterocycles. The lowest BCUT2D eigenvalue weighted by atomic mass is 9.50. The van der Waals surface area contributed by atoms with E-state index in [1.165, 1.54) is 37.7 Å². The molecule has 1 N–H and O–H groups in total. The van der Waals surface area contributed by atoms with Crippen LogP contribution in [0.25, 0.3) is 0 Å². The van der Waals surface area contributed by atoms with Gasteiger partial charge in [-0.25, -0.2) is 0 Å². The predicted octanol–water partition coefficient (Wildman–Crippen LogP) is 3.72. The highest BCUT2D eigenvalue weighted by Gasteiger charge is 2.50. The topological polar surface area (TPSA) is 20.2 Å². The lowest BCUT2D eigenvalue weighted by Crippen LogP contribution is -2.49. The summed E-state index contributed by atoms with van der Waals surface area (Å²) in [5.74, 6) is 4.32. The van der Waals surface area contributed by atoms with Gasteiger partial charge < -0.3 is 5.11 Å². The van der Waals surface area contributed by atoms with Crippen LogP contribution >= 0.6 is 11.3 Å². The average molecular weight is 262 g/mol. The Morgan fingerprint density at radius 2 is 1.78 bits per heavy atom. The number of aliphatic hydroxyl groups excluding tert-OH is 1. The lowest BCUT2D eigenvalue weighted by Gasteiger charge is -2.55. The quantitative estimate of drug-likeness (QED) is 0.880. The highest BCUT2D eigenvalue weighted by Crippen LogP contribution is 2.57. The SMILES string of the molecule is OC(Cc1ccsc1)C1C2CC3CC(C2)CC1C3. The zero-order chi connectivity index (χ0) is 12.1. The van der Waals surface area contributed by atoms with E-state index < -0.39 is 0 Å². The van der Waals surface area contributed by atoms with Gasteiger partial charge in [0.15, 0.2) is 0 Å². The first-order valence-electron chi connectivity index (χ1n) is 7.48. The summed E-state index contributed by atoms with van der Waals surface area (Å²) in [5, 5.41) is 15.0. The van der Waals surface area contributed by atoms with Crippen molar-refractivity contribution in [3.05, 3.63) is 22.4 Å². The second kappa shape index (κ2) is 4.35. The van der Waals surface area contributed by atoms with Crippen molar-refractivity contribution in [1.29, 1.82) is 0 Å². The van der Waals surface area contributed by atoms with Gasteiger partial charge in [0, 0.05) is 0 Å². The van der Waals surface area contributed by atoms with Gasteiger partial charge in [0.2, 0.25) is 0 Å². The van der Waals surface area contributed by atoms with Crippen molar-refractivity contribution in [2.24, 2.45) is 29.6 Å². The molecule has 0 saturated heterocycles. The van der Waals surface area contributed by atoms with Crippen LogP contribution in [-0.4, -0.2) is 11.2 Å². The Morgan fingerprint density at radius 3 is 2.33 bits per heavy atom. The maximum Gasteiger partial charge on any atom is 0.0614 e. The maximum atomic E-state index is 10.7. The molecule has 0 spiro atoms. The summed E-state index contributed by atoms with van der Waals surface area (Å²) in [6.45, 7) is 0. The standard InChI is InChI=1S/C16H22OS/c17-15(8-10-1-2-18-9-10)16-13-4-11-3-12(6-13)7-14(16)5-11/h1-2,9,11-17H,3-8H2. The number of hydrogen-bond donors (Lipinski definition) is 1. The summed E-state index contributed by atoms with van der Waals surface area (Å²) in [5.41, 5.74) is 1.33. The summed E-state index contributed by atoms with van der Waals surface area (Å²) >= 11 is 1.75. The van der Waals surface area contributed by atoms with Crippen molar-refractivity contribution in [3.8, 4) is 0 Å². The Morgan fingerprint density at radius 1 is 1.11 bits per heavy atom. The van der Waals surface area contributed by atoms with Crippen molar-refractivity contribution in [2.75, 3.05) is 0 Å². The molecule has 1 unspecified atom stereocenters. The summed E-state index contributed by atoms with van der Waals surface area (Å²) in [6, 6.07) is 2.17. The minimum Gasteiger partial charge on any atom is -0.392 e. The van der Waals surface area contributed by atoms with E-state index >= 15 is 0 Å².